The van der Waals surface area contributed by atoms with Crippen molar-refractivity contribution in [1.29, 1.82) is 0 Å². The van der Waals surface area contributed by atoms with Crippen LogP contribution < -0.4 is 15.1 Å². The third-order valence-corrected chi connectivity index (χ3v) is 4.52. The molecule has 0 saturated carbocycles. The van der Waals surface area contributed by atoms with Gasteiger partial charge in [0.15, 0.2) is 11.6 Å². The Labute approximate surface area is 174 Å². The van der Waals surface area contributed by atoms with Crippen molar-refractivity contribution in [2.75, 3.05) is 36.6 Å². The highest BCUT2D eigenvalue weighted by Crippen LogP contribution is 2.18. The van der Waals surface area contributed by atoms with Crippen molar-refractivity contribution in [2.45, 2.75) is 6.61 Å². The van der Waals surface area contributed by atoms with Gasteiger partial charge in [-0.25, -0.2) is 14.8 Å². The van der Waals surface area contributed by atoms with Crippen LogP contribution in [-0.2, 0) is 11.3 Å². The number of benzene rings is 2. The van der Waals surface area contributed by atoms with Crippen LogP contribution in [0, 0.1) is 5.82 Å². The van der Waals surface area contributed by atoms with Crippen LogP contribution in [-0.4, -0.2) is 42.5 Å². The minimum Gasteiger partial charge on any atom is -0.489 e. The Bertz CT molecular complexity index is 994. The lowest BCUT2D eigenvalue weighted by Crippen LogP contribution is -2.37. The second-order valence-corrected chi connectivity index (χ2v) is 6.68. The molecule has 1 aliphatic heterocycles. The topological polar surface area (TPSA) is 71.9 Å². The van der Waals surface area contributed by atoms with Gasteiger partial charge in [-0.3, -0.25) is 0 Å². The zero-order valence-electron chi connectivity index (χ0n) is 16.4. The molecule has 1 aliphatic rings. The summed E-state index contributed by atoms with van der Waals surface area (Å²) < 4.78 is 25.2. The molecule has 4 rings (SSSR count). The number of rotatable bonds is 7. The molecule has 0 amide bonds. The van der Waals surface area contributed by atoms with Gasteiger partial charge in [0.2, 0.25) is 5.95 Å². The van der Waals surface area contributed by atoms with Crippen LogP contribution in [0.5, 0.6) is 5.75 Å². The van der Waals surface area contributed by atoms with Gasteiger partial charge >= 0.3 is 0 Å². The fourth-order valence-electron chi connectivity index (χ4n) is 3.00. The Morgan fingerprint density at radius 3 is 2.80 bits per heavy atom. The summed E-state index contributed by atoms with van der Waals surface area (Å²) in [5.41, 5.74) is 4.71. The number of nitrogens with one attached hydrogen (secondary N) is 1. The largest absolute Gasteiger partial charge is 0.489 e. The number of halogens is 1. The van der Waals surface area contributed by atoms with Gasteiger partial charge in [0.05, 0.1) is 25.6 Å². The molecule has 0 aliphatic carbocycles. The molecule has 2 aromatic carbocycles. The average molecular weight is 407 g/mol. The van der Waals surface area contributed by atoms with Gasteiger partial charge in [-0.2, -0.15) is 10.1 Å². The highest BCUT2D eigenvalue weighted by Gasteiger charge is 2.17. The van der Waals surface area contributed by atoms with Crippen LogP contribution in [0.25, 0.3) is 0 Å². The van der Waals surface area contributed by atoms with Crippen molar-refractivity contribution >= 4 is 18.0 Å². The van der Waals surface area contributed by atoms with E-state index in [1.165, 1.54) is 0 Å². The Hall–Kier alpha value is -3.52. The maximum absolute atomic E-state index is 14.1. The number of hydrogen-bond donors (Lipinski definition) is 1. The molecular formula is C22H22FN5O2. The first kappa shape index (κ1) is 19.8. The van der Waals surface area contributed by atoms with Crippen molar-refractivity contribution in [3.05, 3.63) is 77.7 Å². The van der Waals surface area contributed by atoms with Gasteiger partial charge in [-0.15, -0.1) is 0 Å². The van der Waals surface area contributed by atoms with Crippen LogP contribution >= 0.6 is 0 Å². The van der Waals surface area contributed by atoms with Gasteiger partial charge in [-0.1, -0.05) is 42.5 Å². The summed E-state index contributed by atoms with van der Waals surface area (Å²) in [5, 5.41) is 4.17. The number of nitrogens with zero attached hydrogens (tertiary/aromatic N) is 4. The van der Waals surface area contributed by atoms with E-state index in [-0.39, 0.29) is 11.8 Å². The highest BCUT2D eigenvalue weighted by molar-refractivity contribution is 5.80. The number of aromatic nitrogens is 2. The van der Waals surface area contributed by atoms with Crippen molar-refractivity contribution < 1.29 is 13.9 Å². The summed E-state index contributed by atoms with van der Waals surface area (Å²) in [6.07, 6.45) is 2.78. The highest BCUT2D eigenvalue weighted by atomic mass is 19.1. The van der Waals surface area contributed by atoms with Crippen molar-refractivity contribution in [3.63, 3.8) is 0 Å². The smallest absolute Gasteiger partial charge is 0.245 e. The molecule has 0 unspecified atom stereocenters. The van der Waals surface area contributed by atoms with Crippen LogP contribution in [0.15, 0.2) is 65.9 Å². The standard InChI is InChI=1S/C22H22FN5O2/c23-20-15-24-22(26-21(20)28-9-11-29-12-10-28)27-25-14-18-7-4-8-19(13-18)30-16-17-5-2-1-3-6-17/h1-8,13-15H,9-12,16H2,(H,24,26,27). The second kappa shape index (κ2) is 9.80. The second-order valence-electron chi connectivity index (χ2n) is 6.68. The molecule has 154 valence electrons. The maximum Gasteiger partial charge on any atom is 0.245 e. The van der Waals surface area contributed by atoms with Gasteiger partial charge in [-0.05, 0) is 23.3 Å². The molecule has 0 bridgehead atoms. The minimum atomic E-state index is -0.463. The summed E-state index contributed by atoms with van der Waals surface area (Å²) in [5.74, 6) is 0.762. The number of anilines is 2. The van der Waals surface area contributed by atoms with Crippen molar-refractivity contribution in [3.8, 4) is 5.75 Å². The van der Waals surface area contributed by atoms with Crippen LogP contribution in [0.4, 0.5) is 16.2 Å². The van der Waals surface area contributed by atoms with E-state index < -0.39 is 5.82 Å². The summed E-state index contributed by atoms with van der Waals surface area (Å²) in [4.78, 5) is 10.0. The van der Waals surface area contributed by atoms with Gasteiger partial charge in [0.25, 0.3) is 0 Å². The van der Waals surface area contributed by atoms with E-state index in [1.54, 1.807) is 6.21 Å². The van der Waals surface area contributed by atoms with E-state index in [4.69, 9.17) is 9.47 Å². The Kier molecular flexibility index (Phi) is 6.46. The average Bonchev–Trinajstić information content (AvgIpc) is 2.80. The first-order valence-corrected chi connectivity index (χ1v) is 9.69. The molecule has 3 aromatic rings. The zero-order chi connectivity index (χ0) is 20.6. The monoisotopic (exact) mass is 407 g/mol. The molecular weight excluding hydrogens is 385 g/mol. The molecule has 2 heterocycles. The zero-order valence-corrected chi connectivity index (χ0v) is 16.4. The third kappa shape index (κ3) is 5.30. The minimum absolute atomic E-state index is 0.227. The molecule has 0 atom stereocenters. The lowest BCUT2D eigenvalue weighted by Gasteiger charge is -2.27. The predicted molar refractivity (Wildman–Crippen MR) is 113 cm³/mol. The summed E-state index contributed by atoms with van der Waals surface area (Å²) in [7, 11) is 0. The summed E-state index contributed by atoms with van der Waals surface area (Å²) in [6.45, 7) is 2.77. The quantitative estimate of drug-likeness (QED) is 0.478. The van der Waals surface area contributed by atoms with E-state index in [9.17, 15) is 4.39 Å². The summed E-state index contributed by atoms with van der Waals surface area (Å²) >= 11 is 0. The number of ether oxygens (including phenoxy) is 2. The molecule has 0 radical (unpaired) electrons. The third-order valence-electron chi connectivity index (χ3n) is 4.52. The first-order valence-electron chi connectivity index (χ1n) is 9.69. The normalized spacial score (nSPS) is 14.1. The van der Waals surface area contributed by atoms with Gasteiger partial charge in [0.1, 0.15) is 12.4 Å². The molecule has 1 saturated heterocycles. The molecule has 1 fully saturated rings. The van der Waals surface area contributed by atoms with Crippen molar-refractivity contribution in [1.82, 2.24) is 9.97 Å². The molecule has 1 aromatic heterocycles. The van der Waals surface area contributed by atoms with Crippen molar-refractivity contribution in [2.24, 2.45) is 5.10 Å². The van der Waals surface area contributed by atoms with E-state index in [1.807, 2.05) is 59.5 Å². The molecule has 1 N–H and O–H groups in total. The SMILES string of the molecule is Fc1cnc(NN=Cc2cccc(OCc3ccccc3)c2)nc1N1CCOCC1. The predicted octanol–water partition coefficient (Wildman–Crippen LogP) is 3.48. The van der Waals surface area contributed by atoms with E-state index in [0.717, 1.165) is 23.1 Å². The number of hydrazone groups is 1. The number of morpholine rings is 1. The molecule has 0 spiro atoms. The van der Waals surface area contributed by atoms with Gasteiger partial charge in [0, 0.05) is 13.1 Å². The van der Waals surface area contributed by atoms with Crippen LogP contribution in [0.2, 0.25) is 0 Å². The van der Waals surface area contributed by atoms with E-state index >= 15 is 0 Å². The van der Waals surface area contributed by atoms with Crippen LogP contribution in [0.1, 0.15) is 11.1 Å². The Balaban J connectivity index is 1.37. The fourth-order valence-corrected chi connectivity index (χ4v) is 3.00. The Morgan fingerprint density at radius 1 is 1.13 bits per heavy atom. The molecule has 8 heteroatoms. The fraction of sp³-hybridized carbons (Fsp3) is 0.227. The number of hydrogen-bond acceptors (Lipinski definition) is 7. The van der Waals surface area contributed by atoms with Crippen LogP contribution in [0.3, 0.4) is 0 Å². The first-order chi connectivity index (χ1) is 14.8. The lowest BCUT2D eigenvalue weighted by atomic mass is 10.2. The molecule has 30 heavy (non-hydrogen) atoms. The summed E-state index contributed by atoms with van der Waals surface area (Å²) in [6, 6.07) is 17.6. The molecule has 7 nitrogen and oxygen atoms in total. The van der Waals surface area contributed by atoms with Gasteiger partial charge < -0.3 is 14.4 Å². The van der Waals surface area contributed by atoms with E-state index in [0.29, 0.717) is 32.9 Å². The lowest BCUT2D eigenvalue weighted by molar-refractivity contribution is 0.122. The van der Waals surface area contributed by atoms with E-state index in [2.05, 4.69) is 20.5 Å². The maximum atomic E-state index is 14.1. The Morgan fingerprint density at radius 2 is 1.97 bits per heavy atom.